The molecule has 0 aliphatic carbocycles. The summed E-state index contributed by atoms with van der Waals surface area (Å²) < 4.78 is 0. The number of aryl methyl sites for hydroxylation is 2. The molecule has 0 aliphatic heterocycles. The zero-order chi connectivity index (χ0) is 14.0. The molecular weight excluding hydrogens is 236 g/mol. The van der Waals surface area contributed by atoms with E-state index in [0.29, 0.717) is 0 Å². The predicted molar refractivity (Wildman–Crippen MR) is 78.8 cm³/mol. The standard InChI is InChI=1S/C16H20N2O/c1-11-7-12(2)9-15(8-11)18(4)16-6-5-14(10-17-16)13(3)19/h5-10,13,19H,1-4H3/t13-/m1/s1. The Morgan fingerprint density at radius 3 is 2.21 bits per heavy atom. The van der Waals surface area contributed by atoms with E-state index in [1.807, 2.05) is 24.1 Å². The van der Waals surface area contributed by atoms with E-state index in [-0.39, 0.29) is 0 Å². The average Bonchev–Trinajstić information content (AvgIpc) is 2.37. The first-order chi connectivity index (χ1) is 8.97. The molecule has 0 radical (unpaired) electrons. The lowest BCUT2D eigenvalue weighted by Crippen LogP contribution is -2.11. The van der Waals surface area contributed by atoms with Crippen molar-refractivity contribution in [3.05, 3.63) is 53.2 Å². The Bertz CT molecular complexity index is 541. The molecule has 3 heteroatoms. The first kappa shape index (κ1) is 13.6. The van der Waals surface area contributed by atoms with Gasteiger partial charge in [0.05, 0.1) is 6.10 Å². The van der Waals surface area contributed by atoms with Crippen LogP contribution in [0.3, 0.4) is 0 Å². The van der Waals surface area contributed by atoms with E-state index >= 15 is 0 Å². The molecule has 1 aromatic heterocycles. The third-order valence-corrected chi connectivity index (χ3v) is 3.19. The molecule has 19 heavy (non-hydrogen) atoms. The number of anilines is 2. The van der Waals surface area contributed by atoms with Crippen LogP contribution < -0.4 is 4.90 Å². The molecule has 0 saturated carbocycles. The molecule has 2 rings (SSSR count). The van der Waals surface area contributed by atoms with E-state index in [1.54, 1.807) is 13.1 Å². The van der Waals surface area contributed by atoms with Gasteiger partial charge in [0.1, 0.15) is 5.82 Å². The molecule has 1 N–H and O–H groups in total. The van der Waals surface area contributed by atoms with E-state index in [0.717, 1.165) is 17.1 Å². The Morgan fingerprint density at radius 2 is 1.74 bits per heavy atom. The lowest BCUT2D eigenvalue weighted by Gasteiger charge is -2.20. The van der Waals surface area contributed by atoms with Crippen molar-refractivity contribution in [3.63, 3.8) is 0 Å². The van der Waals surface area contributed by atoms with Crippen LogP contribution in [0.15, 0.2) is 36.5 Å². The van der Waals surface area contributed by atoms with Gasteiger partial charge in [0, 0.05) is 18.9 Å². The Morgan fingerprint density at radius 1 is 1.11 bits per heavy atom. The van der Waals surface area contributed by atoms with Gasteiger partial charge in [-0.3, -0.25) is 0 Å². The van der Waals surface area contributed by atoms with E-state index in [4.69, 9.17) is 0 Å². The smallest absolute Gasteiger partial charge is 0.132 e. The maximum Gasteiger partial charge on any atom is 0.132 e. The molecule has 0 fully saturated rings. The van der Waals surface area contributed by atoms with Gasteiger partial charge >= 0.3 is 0 Å². The van der Waals surface area contributed by atoms with E-state index in [2.05, 4.69) is 37.0 Å². The Balaban J connectivity index is 2.30. The van der Waals surface area contributed by atoms with Gasteiger partial charge in [0.2, 0.25) is 0 Å². The summed E-state index contributed by atoms with van der Waals surface area (Å²) in [5, 5.41) is 9.49. The van der Waals surface area contributed by atoms with Crippen molar-refractivity contribution in [1.29, 1.82) is 0 Å². The summed E-state index contributed by atoms with van der Waals surface area (Å²) in [4.78, 5) is 6.45. The fourth-order valence-electron chi connectivity index (χ4n) is 2.12. The summed E-state index contributed by atoms with van der Waals surface area (Å²) in [6.07, 6.45) is 1.24. The maximum atomic E-state index is 9.49. The summed E-state index contributed by atoms with van der Waals surface area (Å²) >= 11 is 0. The fourth-order valence-corrected chi connectivity index (χ4v) is 2.12. The highest BCUT2D eigenvalue weighted by Gasteiger charge is 2.07. The van der Waals surface area contributed by atoms with Crippen LogP contribution >= 0.6 is 0 Å². The van der Waals surface area contributed by atoms with Crippen LogP contribution in [0.5, 0.6) is 0 Å². The molecule has 0 bridgehead atoms. The van der Waals surface area contributed by atoms with Crippen LogP contribution in [0, 0.1) is 13.8 Å². The first-order valence-electron chi connectivity index (χ1n) is 6.43. The number of benzene rings is 1. The topological polar surface area (TPSA) is 36.4 Å². The van der Waals surface area contributed by atoms with Crippen LogP contribution in [0.25, 0.3) is 0 Å². The van der Waals surface area contributed by atoms with Gasteiger partial charge in [-0.15, -0.1) is 0 Å². The highest BCUT2D eigenvalue weighted by atomic mass is 16.3. The quantitative estimate of drug-likeness (QED) is 0.912. The van der Waals surface area contributed by atoms with Gasteiger partial charge in [-0.2, -0.15) is 0 Å². The summed E-state index contributed by atoms with van der Waals surface area (Å²) in [6.45, 7) is 5.92. The van der Waals surface area contributed by atoms with Gasteiger partial charge < -0.3 is 10.0 Å². The Labute approximate surface area is 114 Å². The van der Waals surface area contributed by atoms with Gasteiger partial charge in [-0.05, 0) is 55.7 Å². The Kier molecular flexibility index (Phi) is 3.86. The van der Waals surface area contributed by atoms with Gasteiger partial charge in [-0.25, -0.2) is 4.98 Å². The summed E-state index contributed by atoms with van der Waals surface area (Å²) in [7, 11) is 2.00. The molecule has 0 aliphatic rings. The molecule has 100 valence electrons. The third-order valence-electron chi connectivity index (χ3n) is 3.19. The molecule has 0 unspecified atom stereocenters. The van der Waals surface area contributed by atoms with Crippen LogP contribution in [-0.2, 0) is 0 Å². The molecule has 0 spiro atoms. The van der Waals surface area contributed by atoms with Crippen LogP contribution in [0.2, 0.25) is 0 Å². The molecule has 1 aromatic carbocycles. The second-order valence-electron chi connectivity index (χ2n) is 5.03. The number of hydrogen-bond acceptors (Lipinski definition) is 3. The average molecular weight is 256 g/mol. The summed E-state index contributed by atoms with van der Waals surface area (Å²) in [6, 6.07) is 10.3. The molecular formula is C16H20N2O. The van der Waals surface area contributed by atoms with Crippen molar-refractivity contribution >= 4 is 11.5 Å². The molecule has 0 amide bonds. The summed E-state index contributed by atoms with van der Waals surface area (Å²) in [5.74, 6) is 0.870. The van der Waals surface area contributed by atoms with Crippen molar-refractivity contribution in [3.8, 4) is 0 Å². The molecule has 1 heterocycles. The number of aromatic nitrogens is 1. The number of nitrogens with zero attached hydrogens (tertiary/aromatic N) is 2. The first-order valence-corrected chi connectivity index (χ1v) is 6.43. The minimum absolute atomic E-state index is 0.479. The van der Waals surface area contributed by atoms with E-state index < -0.39 is 6.10 Å². The van der Waals surface area contributed by atoms with E-state index in [9.17, 15) is 5.11 Å². The molecule has 0 saturated heterocycles. The molecule has 2 aromatic rings. The number of aliphatic hydroxyl groups is 1. The number of rotatable bonds is 3. The Hall–Kier alpha value is -1.87. The third kappa shape index (κ3) is 3.12. The second kappa shape index (κ2) is 5.41. The normalized spacial score (nSPS) is 12.3. The van der Waals surface area contributed by atoms with Crippen LogP contribution in [0.1, 0.15) is 29.7 Å². The highest BCUT2D eigenvalue weighted by Crippen LogP contribution is 2.24. The zero-order valence-electron chi connectivity index (χ0n) is 11.9. The van der Waals surface area contributed by atoms with Crippen molar-refractivity contribution in [2.45, 2.75) is 26.9 Å². The number of hydrogen-bond donors (Lipinski definition) is 1. The van der Waals surface area contributed by atoms with Gasteiger partial charge in [-0.1, -0.05) is 12.1 Å². The fraction of sp³-hybridized carbons (Fsp3) is 0.312. The molecule has 3 nitrogen and oxygen atoms in total. The van der Waals surface area contributed by atoms with Crippen LogP contribution in [0.4, 0.5) is 11.5 Å². The number of aliphatic hydroxyl groups excluding tert-OH is 1. The van der Waals surface area contributed by atoms with Crippen LogP contribution in [-0.4, -0.2) is 17.1 Å². The van der Waals surface area contributed by atoms with Crippen molar-refractivity contribution in [2.75, 3.05) is 11.9 Å². The largest absolute Gasteiger partial charge is 0.389 e. The zero-order valence-corrected chi connectivity index (χ0v) is 11.9. The summed E-state index contributed by atoms with van der Waals surface area (Å²) in [5.41, 5.74) is 4.43. The minimum atomic E-state index is -0.479. The second-order valence-corrected chi connectivity index (χ2v) is 5.03. The van der Waals surface area contributed by atoms with Crippen molar-refractivity contribution in [1.82, 2.24) is 4.98 Å². The predicted octanol–water partition coefficient (Wildman–Crippen LogP) is 3.52. The highest BCUT2D eigenvalue weighted by molar-refractivity contribution is 5.61. The lowest BCUT2D eigenvalue weighted by atomic mass is 10.1. The van der Waals surface area contributed by atoms with E-state index in [1.165, 1.54) is 11.1 Å². The minimum Gasteiger partial charge on any atom is -0.389 e. The number of pyridine rings is 1. The van der Waals surface area contributed by atoms with Gasteiger partial charge in [0.25, 0.3) is 0 Å². The van der Waals surface area contributed by atoms with Crippen molar-refractivity contribution in [2.24, 2.45) is 0 Å². The maximum absolute atomic E-state index is 9.49. The van der Waals surface area contributed by atoms with Crippen molar-refractivity contribution < 1.29 is 5.11 Å². The lowest BCUT2D eigenvalue weighted by molar-refractivity contribution is 0.199. The monoisotopic (exact) mass is 256 g/mol. The SMILES string of the molecule is Cc1cc(C)cc(N(C)c2ccc([C@@H](C)O)cn2)c1. The van der Waals surface area contributed by atoms with Gasteiger partial charge in [0.15, 0.2) is 0 Å². The molecule has 1 atom stereocenters.